The fourth-order valence-electron chi connectivity index (χ4n) is 4.91. The van der Waals surface area contributed by atoms with Gasteiger partial charge in [0.15, 0.2) is 0 Å². The average Bonchev–Trinajstić information content (AvgIpc) is 3.26. The summed E-state index contributed by atoms with van der Waals surface area (Å²) in [5, 5.41) is 28.2. The zero-order chi connectivity index (χ0) is 24.7. The number of nitrogens with one attached hydrogen (secondary N) is 3. The summed E-state index contributed by atoms with van der Waals surface area (Å²) in [6, 6.07) is 8.96. The Kier molecular flexibility index (Phi) is 9.54. The smallest absolute Gasteiger partial charge is 0.267 e. The van der Waals surface area contributed by atoms with E-state index in [1.807, 2.05) is 38.1 Å². The Morgan fingerprint density at radius 2 is 1.79 bits per heavy atom. The number of rotatable bonds is 11. The topological polar surface area (TPSA) is 114 Å². The van der Waals surface area contributed by atoms with Crippen LogP contribution in [0.1, 0.15) is 76.2 Å². The third-order valence-corrected chi connectivity index (χ3v) is 6.95. The molecule has 4 atom stereocenters. The lowest BCUT2D eigenvalue weighted by molar-refractivity contribution is -0.127. The van der Waals surface area contributed by atoms with Crippen molar-refractivity contribution < 1.29 is 19.8 Å². The van der Waals surface area contributed by atoms with Gasteiger partial charge in [-0.05, 0) is 36.8 Å². The number of aliphatic hydroxyl groups excluding tert-OH is 2. The zero-order valence-electron chi connectivity index (χ0n) is 20.7. The van der Waals surface area contributed by atoms with E-state index in [0.717, 1.165) is 23.7 Å². The molecule has 0 spiro atoms. The highest BCUT2D eigenvalue weighted by Crippen LogP contribution is 2.29. The van der Waals surface area contributed by atoms with Crippen molar-refractivity contribution in [3.63, 3.8) is 0 Å². The average molecular weight is 472 g/mol. The molecule has 1 heterocycles. The van der Waals surface area contributed by atoms with Gasteiger partial charge in [0.25, 0.3) is 5.91 Å². The predicted molar refractivity (Wildman–Crippen MR) is 134 cm³/mol. The van der Waals surface area contributed by atoms with Gasteiger partial charge in [-0.1, -0.05) is 71.1 Å². The number of carbonyl (C=O) groups excluding carboxylic acids is 2. The Morgan fingerprint density at radius 1 is 1.09 bits per heavy atom. The second kappa shape index (κ2) is 12.4. The Morgan fingerprint density at radius 3 is 2.47 bits per heavy atom. The normalized spacial score (nSPS) is 18.4. The summed E-state index contributed by atoms with van der Waals surface area (Å²) >= 11 is 0. The van der Waals surface area contributed by atoms with Crippen LogP contribution in [0.15, 0.2) is 30.3 Å². The van der Waals surface area contributed by atoms with Gasteiger partial charge in [-0.15, -0.1) is 0 Å². The highest BCUT2D eigenvalue weighted by molar-refractivity contribution is 5.98. The van der Waals surface area contributed by atoms with Crippen LogP contribution >= 0.6 is 0 Å². The van der Waals surface area contributed by atoms with Crippen LogP contribution in [0.5, 0.6) is 0 Å². The lowest BCUT2D eigenvalue weighted by atomic mass is 9.82. The number of fused-ring (bicyclic) bond motifs is 1. The predicted octanol–water partition coefficient (Wildman–Crippen LogP) is 3.76. The summed E-state index contributed by atoms with van der Waals surface area (Å²) in [5.74, 6) is -0.279. The Labute approximate surface area is 202 Å². The third kappa shape index (κ3) is 7.31. The van der Waals surface area contributed by atoms with E-state index in [4.69, 9.17) is 0 Å². The summed E-state index contributed by atoms with van der Waals surface area (Å²) in [7, 11) is 0. The lowest BCUT2D eigenvalue weighted by Gasteiger charge is -2.33. The van der Waals surface area contributed by atoms with Crippen LogP contribution in [-0.2, 0) is 4.79 Å². The first-order chi connectivity index (χ1) is 16.2. The van der Waals surface area contributed by atoms with Crippen LogP contribution in [0.4, 0.5) is 0 Å². The standard InChI is InChI=1S/C27H41N3O4/c1-17(2)13-24(31)25(32)22(14-19-9-5-4-6-10-19)30-26(33)18(3)16-28-27(34)23-15-20-11-7-8-12-21(20)29-23/h7-8,11-12,15,17-19,22,24-25,29,31-32H,4-6,9-10,13-14,16H2,1-3H3,(H,28,34)(H,30,33)/t18-,22-,24-,25+/m0/s1. The van der Waals surface area contributed by atoms with Crippen molar-refractivity contribution in [1.29, 1.82) is 0 Å². The van der Waals surface area contributed by atoms with E-state index in [0.29, 0.717) is 24.5 Å². The van der Waals surface area contributed by atoms with E-state index >= 15 is 0 Å². The van der Waals surface area contributed by atoms with Gasteiger partial charge in [0.2, 0.25) is 5.91 Å². The number of aromatic amines is 1. The first-order valence-corrected chi connectivity index (χ1v) is 12.8. The third-order valence-electron chi connectivity index (χ3n) is 6.95. The van der Waals surface area contributed by atoms with Gasteiger partial charge in [0, 0.05) is 17.4 Å². The summed E-state index contributed by atoms with van der Waals surface area (Å²) in [6.07, 6.45) is 5.01. The monoisotopic (exact) mass is 471 g/mol. The van der Waals surface area contributed by atoms with Crippen molar-refractivity contribution in [2.75, 3.05) is 6.54 Å². The number of aliphatic hydroxyl groups is 2. The molecule has 7 heteroatoms. The van der Waals surface area contributed by atoms with Crippen molar-refractivity contribution in [1.82, 2.24) is 15.6 Å². The van der Waals surface area contributed by atoms with E-state index in [-0.39, 0.29) is 24.3 Å². The van der Waals surface area contributed by atoms with Crippen molar-refractivity contribution >= 4 is 22.7 Å². The van der Waals surface area contributed by atoms with Crippen molar-refractivity contribution in [3.8, 4) is 0 Å². The van der Waals surface area contributed by atoms with Gasteiger partial charge >= 0.3 is 0 Å². The zero-order valence-corrected chi connectivity index (χ0v) is 20.7. The van der Waals surface area contributed by atoms with Crippen molar-refractivity contribution in [2.45, 2.75) is 84.0 Å². The molecule has 2 amide bonds. The van der Waals surface area contributed by atoms with Crippen LogP contribution in [-0.4, -0.2) is 51.8 Å². The molecular weight excluding hydrogens is 430 g/mol. The van der Waals surface area contributed by atoms with E-state index in [1.54, 1.807) is 13.0 Å². The molecule has 5 N–H and O–H groups in total. The molecule has 7 nitrogen and oxygen atoms in total. The number of H-pyrrole nitrogens is 1. The SMILES string of the molecule is CC(C)C[C@H](O)[C@H](O)[C@H](CC1CCCCC1)NC(=O)[C@@H](C)CNC(=O)c1cc2ccccc2[nH]1. The number of amides is 2. The molecule has 0 aliphatic heterocycles. The summed E-state index contributed by atoms with van der Waals surface area (Å²) in [4.78, 5) is 28.6. The maximum atomic E-state index is 13.0. The molecule has 188 valence electrons. The molecule has 1 fully saturated rings. The number of aromatic nitrogens is 1. The van der Waals surface area contributed by atoms with Gasteiger partial charge in [-0.25, -0.2) is 0 Å². The Bertz CT molecular complexity index is 902. The number of carbonyl (C=O) groups is 2. The molecule has 2 aromatic rings. The van der Waals surface area contributed by atoms with Crippen LogP contribution < -0.4 is 10.6 Å². The first-order valence-electron chi connectivity index (χ1n) is 12.8. The van der Waals surface area contributed by atoms with E-state index in [2.05, 4.69) is 15.6 Å². The first kappa shape index (κ1) is 26.2. The van der Waals surface area contributed by atoms with Gasteiger partial charge in [0.1, 0.15) is 11.8 Å². The van der Waals surface area contributed by atoms with Crippen LogP contribution in [0.25, 0.3) is 10.9 Å². The van der Waals surface area contributed by atoms with Gasteiger partial charge < -0.3 is 25.8 Å². The minimum Gasteiger partial charge on any atom is -0.390 e. The lowest BCUT2D eigenvalue weighted by Crippen LogP contribution is -2.52. The highest BCUT2D eigenvalue weighted by Gasteiger charge is 2.32. The van der Waals surface area contributed by atoms with Crippen LogP contribution in [0.2, 0.25) is 0 Å². The molecular formula is C27H41N3O4. The molecule has 1 aliphatic carbocycles. The van der Waals surface area contributed by atoms with Gasteiger partial charge in [0.05, 0.1) is 18.1 Å². The second-order valence-electron chi connectivity index (χ2n) is 10.4. The Hall–Kier alpha value is -2.38. The minimum absolute atomic E-state index is 0.181. The number of hydrogen-bond donors (Lipinski definition) is 5. The van der Waals surface area contributed by atoms with Gasteiger partial charge in [-0.3, -0.25) is 9.59 Å². The molecule has 1 aromatic heterocycles. The largest absolute Gasteiger partial charge is 0.390 e. The molecule has 0 saturated heterocycles. The van der Waals surface area contributed by atoms with Crippen LogP contribution in [0, 0.1) is 17.8 Å². The second-order valence-corrected chi connectivity index (χ2v) is 10.4. The maximum absolute atomic E-state index is 13.0. The molecule has 3 rings (SSSR count). The Balaban J connectivity index is 1.57. The quantitative estimate of drug-likeness (QED) is 0.343. The van der Waals surface area contributed by atoms with Crippen LogP contribution in [0.3, 0.4) is 0 Å². The molecule has 1 aromatic carbocycles. The summed E-state index contributed by atoms with van der Waals surface area (Å²) in [5.41, 5.74) is 1.34. The molecule has 0 unspecified atom stereocenters. The maximum Gasteiger partial charge on any atom is 0.267 e. The fraction of sp³-hybridized carbons (Fsp3) is 0.630. The van der Waals surface area contributed by atoms with E-state index < -0.39 is 24.2 Å². The highest BCUT2D eigenvalue weighted by atomic mass is 16.3. The molecule has 0 radical (unpaired) electrons. The van der Waals surface area contributed by atoms with Crippen molar-refractivity contribution in [2.24, 2.45) is 17.8 Å². The molecule has 1 aliphatic rings. The number of para-hydroxylation sites is 1. The molecule has 1 saturated carbocycles. The van der Waals surface area contributed by atoms with Crippen molar-refractivity contribution in [3.05, 3.63) is 36.0 Å². The van der Waals surface area contributed by atoms with E-state index in [9.17, 15) is 19.8 Å². The van der Waals surface area contributed by atoms with E-state index in [1.165, 1.54) is 19.3 Å². The number of benzene rings is 1. The fourth-order valence-corrected chi connectivity index (χ4v) is 4.91. The molecule has 0 bridgehead atoms. The number of hydrogen-bond acceptors (Lipinski definition) is 4. The minimum atomic E-state index is -1.01. The van der Waals surface area contributed by atoms with Gasteiger partial charge in [-0.2, -0.15) is 0 Å². The summed E-state index contributed by atoms with van der Waals surface area (Å²) in [6.45, 7) is 5.95. The summed E-state index contributed by atoms with van der Waals surface area (Å²) < 4.78 is 0. The molecule has 34 heavy (non-hydrogen) atoms.